The van der Waals surface area contributed by atoms with Crippen LogP contribution in [0, 0.1) is 11.6 Å². The third kappa shape index (κ3) is 4.89. The largest absolute Gasteiger partial charge is 0.444 e. The maximum atomic E-state index is 13.8. The predicted octanol–water partition coefficient (Wildman–Crippen LogP) is 3.41. The van der Waals surface area contributed by atoms with E-state index in [9.17, 15) is 13.6 Å². The van der Waals surface area contributed by atoms with E-state index in [0.717, 1.165) is 6.07 Å². The van der Waals surface area contributed by atoms with Gasteiger partial charge in [0.05, 0.1) is 0 Å². The number of halogens is 2. The number of rotatable bonds is 2. The Morgan fingerprint density at radius 3 is 2.57 bits per heavy atom. The molecule has 6 heteroatoms. The zero-order chi connectivity index (χ0) is 17.2. The summed E-state index contributed by atoms with van der Waals surface area (Å²) in [6.45, 7) is 9.57. The van der Waals surface area contributed by atoms with Gasteiger partial charge in [-0.25, -0.2) is 13.6 Å². The molecule has 1 fully saturated rings. The third-order valence-corrected chi connectivity index (χ3v) is 3.81. The summed E-state index contributed by atoms with van der Waals surface area (Å²) in [6.07, 6.45) is -0.322. The van der Waals surface area contributed by atoms with E-state index in [2.05, 4.69) is 4.90 Å². The van der Waals surface area contributed by atoms with Gasteiger partial charge in [-0.3, -0.25) is 4.90 Å². The van der Waals surface area contributed by atoms with E-state index in [1.54, 1.807) is 4.90 Å². The van der Waals surface area contributed by atoms with Crippen LogP contribution in [0.1, 0.15) is 33.3 Å². The highest BCUT2D eigenvalue weighted by molar-refractivity contribution is 5.68. The Labute approximate surface area is 136 Å². The molecule has 0 saturated carbocycles. The fourth-order valence-electron chi connectivity index (χ4n) is 2.59. The molecule has 4 nitrogen and oxygen atoms in total. The highest BCUT2D eigenvalue weighted by atomic mass is 19.1. The molecule has 2 rings (SSSR count). The first-order chi connectivity index (χ1) is 10.7. The number of hydrogen-bond donors (Lipinski definition) is 0. The van der Waals surface area contributed by atoms with Gasteiger partial charge in [0, 0.05) is 43.9 Å². The average Bonchev–Trinajstić information content (AvgIpc) is 2.41. The molecule has 1 aliphatic rings. The standard InChI is InChI=1S/C17H24F2N2O2/c1-12-10-21(16(22)23-17(2,3)4)8-7-20(12)11-13-5-6-14(18)9-15(13)19/h5-6,9,12H,7-8,10-11H2,1-4H3. The second kappa shape index (κ2) is 6.83. The van der Waals surface area contributed by atoms with Crippen molar-refractivity contribution in [3.63, 3.8) is 0 Å². The van der Waals surface area contributed by atoms with Crippen LogP contribution in [0.4, 0.5) is 13.6 Å². The van der Waals surface area contributed by atoms with Gasteiger partial charge in [0.2, 0.25) is 0 Å². The van der Waals surface area contributed by atoms with Crippen LogP contribution in [0.5, 0.6) is 0 Å². The van der Waals surface area contributed by atoms with Crippen molar-refractivity contribution in [1.29, 1.82) is 0 Å². The minimum absolute atomic E-state index is 0.0701. The van der Waals surface area contributed by atoms with E-state index >= 15 is 0 Å². The Morgan fingerprint density at radius 1 is 1.30 bits per heavy atom. The summed E-state index contributed by atoms with van der Waals surface area (Å²) in [4.78, 5) is 15.9. The van der Waals surface area contributed by atoms with Gasteiger partial charge in [0.1, 0.15) is 17.2 Å². The molecule has 1 aliphatic heterocycles. The van der Waals surface area contributed by atoms with E-state index < -0.39 is 17.2 Å². The van der Waals surface area contributed by atoms with Gasteiger partial charge >= 0.3 is 6.09 Å². The number of hydrogen-bond acceptors (Lipinski definition) is 3. The van der Waals surface area contributed by atoms with E-state index in [4.69, 9.17) is 4.74 Å². The fourth-order valence-corrected chi connectivity index (χ4v) is 2.59. The van der Waals surface area contributed by atoms with Crippen molar-refractivity contribution in [2.45, 2.75) is 45.9 Å². The highest BCUT2D eigenvalue weighted by Crippen LogP contribution is 2.18. The van der Waals surface area contributed by atoms with Gasteiger partial charge in [-0.15, -0.1) is 0 Å². The lowest BCUT2D eigenvalue weighted by atomic mass is 10.1. The maximum absolute atomic E-state index is 13.8. The van der Waals surface area contributed by atoms with Crippen molar-refractivity contribution < 1.29 is 18.3 Å². The zero-order valence-corrected chi connectivity index (χ0v) is 14.1. The molecule has 0 spiro atoms. The Hall–Kier alpha value is -1.69. The number of benzene rings is 1. The van der Waals surface area contributed by atoms with Crippen LogP contribution in [0.2, 0.25) is 0 Å². The lowest BCUT2D eigenvalue weighted by Gasteiger charge is -2.40. The molecule has 0 bridgehead atoms. The monoisotopic (exact) mass is 326 g/mol. The second-order valence-electron chi connectivity index (χ2n) is 6.98. The Bertz CT molecular complexity index is 572. The molecule has 23 heavy (non-hydrogen) atoms. The van der Waals surface area contributed by atoms with Crippen molar-refractivity contribution in [2.75, 3.05) is 19.6 Å². The van der Waals surface area contributed by atoms with Gasteiger partial charge in [-0.1, -0.05) is 6.07 Å². The quantitative estimate of drug-likeness (QED) is 0.835. The summed E-state index contributed by atoms with van der Waals surface area (Å²) in [7, 11) is 0. The summed E-state index contributed by atoms with van der Waals surface area (Å²) in [5.74, 6) is -1.11. The molecule has 0 N–H and O–H groups in total. The lowest BCUT2D eigenvalue weighted by molar-refractivity contribution is 0.00445. The van der Waals surface area contributed by atoms with E-state index in [1.807, 2.05) is 27.7 Å². The molecular formula is C17H24F2N2O2. The minimum atomic E-state index is -0.575. The SMILES string of the molecule is CC1CN(C(=O)OC(C)(C)C)CCN1Cc1ccc(F)cc1F. The number of nitrogens with zero attached hydrogens (tertiary/aromatic N) is 2. The number of carbonyl (C=O) groups excluding carboxylic acids is 1. The summed E-state index contributed by atoms with van der Waals surface area (Å²) >= 11 is 0. The van der Waals surface area contributed by atoms with Gasteiger partial charge in [0.15, 0.2) is 0 Å². The topological polar surface area (TPSA) is 32.8 Å². The van der Waals surface area contributed by atoms with Gasteiger partial charge in [-0.2, -0.15) is 0 Å². The zero-order valence-electron chi connectivity index (χ0n) is 14.1. The molecule has 1 heterocycles. The molecule has 1 unspecified atom stereocenters. The minimum Gasteiger partial charge on any atom is -0.444 e. The van der Waals surface area contributed by atoms with Gasteiger partial charge < -0.3 is 9.64 Å². The number of amides is 1. The maximum Gasteiger partial charge on any atom is 0.410 e. The van der Waals surface area contributed by atoms with Crippen molar-refractivity contribution in [1.82, 2.24) is 9.80 Å². The van der Waals surface area contributed by atoms with E-state index in [-0.39, 0.29) is 12.1 Å². The molecule has 0 aliphatic carbocycles. The Kier molecular flexibility index (Phi) is 5.24. The Balaban J connectivity index is 1.95. The fraction of sp³-hybridized carbons (Fsp3) is 0.588. The number of ether oxygens (including phenoxy) is 1. The highest BCUT2D eigenvalue weighted by Gasteiger charge is 2.30. The first-order valence-corrected chi connectivity index (χ1v) is 7.81. The van der Waals surface area contributed by atoms with Gasteiger partial charge in [0.25, 0.3) is 0 Å². The van der Waals surface area contributed by atoms with E-state index in [0.29, 0.717) is 31.7 Å². The molecule has 0 radical (unpaired) electrons. The van der Waals surface area contributed by atoms with Crippen molar-refractivity contribution in [3.8, 4) is 0 Å². The number of piperazine rings is 1. The molecule has 1 amide bonds. The summed E-state index contributed by atoms with van der Waals surface area (Å²) < 4.78 is 32.1. The molecule has 1 atom stereocenters. The Morgan fingerprint density at radius 2 is 2.00 bits per heavy atom. The molecule has 0 aromatic heterocycles. The molecule has 1 aromatic carbocycles. The van der Waals surface area contributed by atoms with Crippen LogP contribution in [0.15, 0.2) is 18.2 Å². The van der Waals surface area contributed by atoms with Crippen molar-refractivity contribution >= 4 is 6.09 Å². The second-order valence-corrected chi connectivity index (χ2v) is 6.98. The van der Waals surface area contributed by atoms with Crippen LogP contribution in [0.25, 0.3) is 0 Å². The van der Waals surface area contributed by atoms with E-state index in [1.165, 1.54) is 12.1 Å². The van der Waals surface area contributed by atoms with Crippen molar-refractivity contribution in [2.24, 2.45) is 0 Å². The molecular weight excluding hydrogens is 302 g/mol. The lowest BCUT2D eigenvalue weighted by Crippen LogP contribution is -2.54. The third-order valence-electron chi connectivity index (χ3n) is 3.81. The van der Waals surface area contributed by atoms with Crippen LogP contribution < -0.4 is 0 Å². The summed E-state index contributed by atoms with van der Waals surface area (Å²) in [5, 5.41) is 0. The molecule has 128 valence electrons. The van der Waals surface area contributed by atoms with Crippen LogP contribution in [-0.2, 0) is 11.3 Å². The average molecular weight is 326 g/mol. The summed E-state index contributed by atoms with van der Waals surface area (Å²) in [6, 6.07) is 3.70. The van der Waals surface area contributed by atoms with Crippen LogP contribution in [-0.4, -0.2) is 47.2 Å². The molecule has 1 aromatic rings. The first-order valence-electron chi connectivity index (χ1n) is 7.81. The smallest absolute Gasteiger partial charge is 0.410 e. The first kappa shape index (κ1) is 17.7. The van der Waals surface area contributed by atoms with Crippen molar-refractivity contribution in [3.05, 3.63) is 35.4 Å². The normalized spacial score (nSPS) is 19.7. The predicted molar refractivity (Wildman–Crippen MR) is 84.0 cm³/mol. The summed E-state index contributed by atoms with van der Waals surface area (Å²) in [5.41, 5.74) is -0.0571. The molecule has 1 saturated heterocycles. The van der Waals surface area contributed by atoms with Crippen LogP contribution in [0.3, 0.4) is 0 Å². The van der Waals surface area contributed by atoms with Crippen LogP contribution >= 0.6 is 0 Å². The van der Waals surface area contributed by atoms with Gasteiger partial charge in [-0.05, 0) is 33.8 Å². The number of carbonyl (C=O) groups is 1.